The Morgan fingerprint density at radius 1 is 1.00 bits per heavy atom. The van der Waals surface area contributed by atoms with Gasteiger partial charge in [-0.05, 0) is 36.4 Å². The smallest absolute Gasteiger partial charge is 0.231 e. The van der Waals surface area contributed by atoms with E-state index in [0.29, 0.717) is 5.69 Å². The van der Waals surface area contributed by atoms with Crippen LogP contribution in [0.2, 0.25) is 0 Å². The highest BCUT2D eigenvalue weighted by atomic mass is 16.7. The second-order valence-electron chi connectivity index (χ2n) is 4.83. The fourth-order valence-corrected chi connectivity index (χ4v) is 2.40. The lowest BCUT2D eigenvalue weighted by atomic mass is 10.1. The molecule has 0 saturated carbocycles. The van der Waals surface area contributed by atoms with Crippen LogP contribution in [0, 0.1) is 0 Å². The van der Waals surface area contributed by atoms with Crippen molar-refractivity contribution >= 4 is 28.0 Å². The molecule has 1 aromatic heterocycles. The first-order valence-corrected chi connectivity index (χ1v) is 6.60. The minimum Gasteiger partial charge on any atom is -0.454 e. The van der Waals surface area contributed by atoms with Crippen LogP contribution in [-0.2, 0) is 0 Å². The summed E-state index contributed by atoms with van der Waals surface area (Å²) in [5.74, 6) is 1.52. The number of fused-ring (bicyclic) bond motifs is 2. The third kappa shape index (κ3) is 2.08. The van der Waals surface area contributed by atoms with Gasteiger partial charge in [-0.15, -0.1) is 0 Å². The Morgan fingerprint density at radius 2 is 1.90 bits per heavy atom. The molecule has 3 aromatic rings. The van der Waals surface area contributed by atoms with Crippen LogP contribution in [0.25, 0.3) is 10.9 Å². The summed E-state index contributed by atoms with van der Waals surface area (Å²) in [5.41, 5.74) is 9.27. The van der Waals surface area contributed by atoms with E-state index in [1.807, 2.05) is 42.5 Å². The number of anilines is 3. The summed E-state index contributed by atoms with van der Waals surface area (Å²) in [4.78, 5) is 4.34. The highest BCUT2D eigenvalue weighted by Gasteiger charge is 2.13. The van der Waals surface area contributed by atoms with Gasteiger partial charge in [-0.1, -0.05) is 0 Å². The summed E-state index contributed by atoms with van der Waals surface area (Å²) in [6.07, 6.45) is 1.76. The average Bonchev–Trinajstić information content (AvgIpc) is 2.95. The molecule has 104 valence electrons. The molecule has 0 amide bonds. The van der Waals surface area contributed by atoms with Crippen LogP contribution in [0.15, 0.2) is 48.7 Å². The molecule has 1 aliphatic rings. The molecule has 2 heterocycles. The summed E-state index contributed by atoms with van der Waals surface area (Å²) < 4.78 is 10.7. The van der Waals surface area contributed by atoms with Gasteiger partial charge >= 0.3 is 0 Å². The Hall–Kier alpha value is -2.95. The molecule has 4 rings (SSSR count). The average molecular weight is 279 g/mol. The van der Waals surface area contributed by atoms with Crippen LogP contribution in [0.4, 0.5) is 17.1 Å². The van der Waals surface area contributed by atoms with Gasteiger partial charge in [-0.25, -0.2) is 0 Å². The summed E-state index contributed by atoms with van der Waals surface area (Å²) >= 11 is 0. The van der Waals surface area contributed by atoms with Gasteiger partial charge < -0.3 is 20.5 Å². The molecule has 1 aliphatic heterocycles. The maximum Gasteiger partial charge on any atom is 0.231 e. The van der Waals surface area contributed by atoms with Crippen molar-refractivity contribution in [1.29, 1.82) is 0 Å². The third-order valence-corrected chi connectivity index (χ3v) is 3.42. The fourth-order valence-electron chi connectivity index (χ4n) is 2.40. The summed E-state index contributed by atoms with van der Waals surface area (Å²) in [7, 11) is 0. The highest BCUT2D eigenvalue weighted by molar-refractivity contribution is 5.94. The van der Waals surface area contributed by atoms with Crippen molar-refractivity contribution in [2.75, 3.05) is 17.8 Å². The lowest BCUT2D eigenvalue weighted by Crippen LogP contribution is -1.94. The Bertz CT molecular complexity index is 833. The van der Waals surface area contributed by atoms with E-state index in [-0.39, 0.29) is 6.79 Å². The molecule has 0 unspecified atom stereocenters. The van der Waals surface area contributed by atoms with E-state index in [2.05, 4.69) is 10.3 Å². The summed E-state index contributed by atoms with van der Waals surface area (Å²) in [6.45, 7) is 0.274. The van der Waals surface area contributed by atoms with Gasteiger partial charge in [0.1, 0.15) is 0 Å². The van der Waals surface area contributed by atoms with E-state index < -0.39 is 0 Å². The molecule has 0 saturated heterocycles. The minimum absolute atomic E-state index is 0.274. The molecule has 0 spiro atoms. The van der Waals surface area contributed by atoms with Crippen LogP contribution < -0.4 is 20.5 Å². The van der Waals surface area contributed by atoms with Gasteiger partial charge in [0.25, 0.3) is 0 Å². The van der Waals surface area contributed by atoms with E-state index in [9.17, 15) is 0 Å². The largest absolute Gasteiger partial charge is 0.454 e. The number of aromatic nitrogens is 1. The molecule has 0 bridgehead atoms. The molecule has 3 N–H and O–H groups in total. The van der Waals surface area contributed by atoms with Gasteiger partial charge in [0.15, 0.2) is 11.5 Å². The van der Waals surface area contributed by atoms with Crippen LogP contribution >= 0.6 is 0 Å². The Kier molecular flexibility index (Phi) is 2.57. The number of nitrogens with one attached hydrogen (secondary N) is 1. The zero-order valence-corrected chi connectivity index (χ0v) is 11.2. The van der Waals surface area contributed by atoms with E-state index in [4.69, 9.17) is 15.2 Å². The summed E-state index contributed by atoms with van der Waals surface area (Å²) in [5, 5.41) is 4.40. The van der Waals surface area contributed by atoms with Crippen molar-refractivity contribution in [3.05, 3.63) is 48.7 Å². The van der Waals surface area contributed by atoms with Crippen LogP contribution in [0.3, 0.4) is 0 Å². The normalized spacial score (nSPS) is 12.6. The predicted molar refractivity (Wildman–Crippen MR) is 82.0 cm³/mol. The number of nitrogen functional groups attached to an aromatic ring is 1. The Labute approximate surface area is 121 Å². The summed E-state index contributed by atoms with van der Waals surface area (Å²) in [6, 6.07) is 13.4. The van der Waals surface area contributed by atoms with Crippen molar-refractivity contribution in [3.63, 3.8) is 0 Å². The predicted octanol–water partition coefficient (Wildman–Crippen LogP) is 3.29. The number of pyridine rings is 1. The third-order valence-electron chi connectivity index (χ3n) is 3.42. The molecule has 21 heavy (non-hydrogen) atoms. The standard InChI is InChI=1S/C16H13N3O2/c17-10-1-3-12-13(5-6-18-14(12)7-10)19-11-2-4-15-16(8-11)21-9-20-15/h1-8H,9,17H2,(H,18,19). The molecule has 5 heteroatoms. The molecular formula is C16H13N3O2. The van der Waals surface area contributed by atoms with E-state index in [1.165, 1.54) is 0 Å². The molecule has 5 nitrogen and oxygen atoms in total. The van der Waals surface area contributed by atoms with Gasteiger partial charge in [-0.3, -0.25) is 4.98 Å². The molecule has 2 aromatic carbocycles. The Balaban J connectivity index is 1.74. The maximum atomic E-state index is 5.80. The lowest BCUT2D eigenvalue weighted by molar-refractivity contribution is 0.174. The van der Waals surface area contributed by atoms with Crippen molar-refractivity contribution in [1.82, 2.24) is 4.98 Å². The number of rotatable bonds is 2. The number of nitrogens with two attached hydrogens (primary N) is 1. The monoisotopic (exact) mass is 279 g/mol. The van der Waals surface area contributed by atoms with E-state index in [0.717, 1.165) is 33.8 Å². The minimum atomic E-state index is 0.274. The van der Waals surface area contributed by atoms with Gasteiger partial charge in [0, 0.05) is 34.7 Å². The highest BCUT2D eigenvalue weighted by Crippen LogP contribution is 2.36. The second kappa shape index (κ2) is 4.56. The number of nitrogens with zero attached hydrogens (tertiary/aromatic N) is 1. The second-order valence-corrected chi connectivity index (χ2v) is 4.83. The fraction of sp³-hybridized carbons (Fsp3) is 0.0625. The zero-order valence-electron chi connectivity index (χ0n) is 11.2. The van der Waals surface area contributed by atoms with Crippen LogP contribution in [0.5, 0.6) is 11.5 Å². The molecule has 0 atom stereocenters. The van der Waals surface area contributed by atoms with Gasteiger partial charge in [0.2, 0.25) is 6.79 Å². The number of benzene rings is 2. The van der Waals surface area contributed by atoms with Crippen molar-refractivity contribution < 1.29 is 9.47 Å². The zero-order chi connectivity index (χ0) is 14.2. The lowest BCUT2D eigenvalue weighted by Gasteiger charge is -2.10. The molecular weight excluding hydrogens is 266 g/mol. The van der Waals surface area contributed by atoms with Crippen molar-refractivity contribution in [3.8, 4) is 11.5 Å². The topological polar surface area (TPSA) is 69.4 Å². The maximum absolute atomic E-state index is 5.80. The van der Waals surface area contributed by atoms with E-state index >= 15 is 0 Å². The first-order valence-electron chi connectivity index (χ1n) is 6.60. The SMILES string of the molecule is Nc1ccc2c(Nc3ccc4c(c3)OCO4)ccnc2c1. The van der Waals surface area contributed by atoms with Gasteiger partial charge in [0.05, 0.1) is 5.52 Å². The van der Waals surface area contributed by atoms with Gasteiger partial charge in [-0.2, -0.15) is 0 Å². The van der Waals surface area contributed by atoms with Crippen LogP contribution in [0.1, 0.15) is 0 Å². The number of hydrogen-bond acceptors (Lipinski definition) is 5. The van der Waals surface area contributed by atoms with Crippen molar-refractivity contribution in [2.24, 2.45) is 0 Å². The molecule has 0 aliphatic carbocycles. The molecule has 0 fully saturated rings. The van der Waals surface area contributed by atoms with Crippen LogP contribution in [-0.4, -0.2) is 11.8 Å². The first-order chi connectivity index (χ1) is 10.3. The quantitative estimate of drug-likeness (QED) is 0.704. The van der Waals surface area contributed by atoms with E-state index in [1.54, 1.807) is 6.20 Å². The first kappa shape index (κ1) is 11.8. The number of ether oxygens (including phenoxy) is 2. The van der Waals surface area contributed by atoms with Crippen molar-refractivity contribution in [2.45, 2.75) is 0 Å². The number of hydrogen-bond donors (Lipinski definition) is 2. The molecule has 0 radical (unpaired) electrons. The Morgan fingerprint density at radius 3 is 2.86 bits per heavy atom.